The first-order chi connectivity index (χ1) is 21.8. The summed E-state index contributed by atoms with van der Waals surface area (Å²) in [4.78, 5) is 45.2. The normalized spacial score (nSPS) is 13.8. The van der Waals surface area contributed by atoms with E-state index in [1.165, 1.54) is 17.3 Å². The number of aromatic nitrogens is 6. The Morgan fingerprint density at radius 1 is 1.09 bits per heavy atom. The molecule has 2 aromatic carbocycles. The lowest BCUT2D eigenvalue weighted by Gasteiger charge is -2.33. The van der Waals surface area contributed by atoms with Crippen molar-refractivity contribution in [3.63, 3.8) is 0 Å². The molecule has 6 rings (SSSR count). The molecule has 1 saturated heterocycles. The predicted molar refractivity (Wildman–Crippen MR) is 165 cm³/mol. The molecule has 0 atom stereocenters. The highest BCUT2D eigenvalue weighted by atomic mass is 19.2. The van der Waals surface area contributed by atoms with Crippen LogP contribution in [-0.4, -0.2) is 66.7 Å². The van der Waals surface area contributed by atoms with Crippen LogP contribution < -0.4 is 10.6 Å². The summed E-state index contributed by atoms with van der Waals surface area (Å²) in [5, 5.41) is 0. The Morgan fingerprint density at radius 3 is 2.60 bits per heavy atom. The molecule has 4 heterocycles. The van der Waals surface area contributed by atoms with Gasteiger partial charge in [-0.1, -0.05) is 30.3 Å². The second kappa shape index (κ2) is 12.9. The fourth-order valence-corrected chi connectivity index (χ4v) is 5.77. The van der Waals surface area contributed by atoms with Gasteiger partial charge in [0.2, 0.25) is 0 Å². The number of hydrogen-bond acceptors (Lipinski definition) is 7. The van der Waals surface area contributed by atoms with Crippen LogP contribution in [0, 0.1) is 11.6 Å². The highest BCUT2D eigenvalue weighted by Crippen LogP contribution is 2.33. The Hall–Kier alpha value is -5.07. The van der Waals surface area contributed by atoms with E-state index < -0.39 is 17.7 Å². The lowest BCUT2D eigenvalue weighted by Crippen LogP contribution is -2.35. The molecule has 234 valence electrons. The molecule has 3 aromatic heterocycles. The quantitative estimate of drug-likeness (QED) is 0.250. The molecule has 0 aliphatic carbocycles. The predicted octanol–water partition coefficient (Wildman–Crippen LogP) is 4.93. The number of hydrogen-bond donors (Lipinski definition) is 1. The number of rotatable bonds is 9. The molecule has 11 nitrogen and oxygen atoms in total. The van der Waals surface area contributed by atoms with E-state index in [0.29, 0.717) is 61.0 Å². The zero-order valence-electron chi connectivity index (χ0n) is 25.1. The Balaban J connectivity index is 1.20. The number of carbonyl (C=O) groups excluding carboxylic acids is 1. The molecule has 1 fully saturated rings. The fraction of sp³-hybridized carbons (Fsp3) is 0.344. The van der Waals surface area contributed by atoms with E-state index in [0.717, 1.165) is 36.4 Å². The number of aryl methyl sites for hydroxylation is 1. The van der Waals surface area contributed by atoms with Crippen LogP contribution in [0.3, 0.4) is 0 Å². The number of likely N-dealkylation sites (N-methyl/N-ethyl adjacent to an activating group) is 1. The molecule has 0 unspecified atom stereocenters. The minimum absolute atomic E-state index is 0.0626. The number of amides is 1. The Kier molecular flexibility index (Phi) is 8.58. The van der Waals surface area contributed by atoms with E-state index >= 15 is 0 Å². The summed E-state index contributed by atoms with van der Waals surface area (Å²) in [5.41, 5.74) is 2.87. The number of fused-ring (bicyclic) bond motifs is 1. The summed E-state index contributed by atoms with van der Waals surface area (Å²) in [6, 6.07) is 13.2. The van der Waals surface area contributed by atoms with Crippen LogP contribution in [0.5, 0.6) is 0 Å². The molecule has 45 heavy (non-hydrogen) atoms. The number of piperidine rings is 1. The van der Waals surface area contributed by atoms with E-state index in [-0.39, 0.29) is 18.2 Å². The number of ether oxygens (including phenoxy) is 1. The van der Waals surface area contributed by atoms with Crippen molar-refractivity contribution in [3.05, 3.63) is 94.6 Å². The van der Waals surface area contributed by atoms with Gasteiger partial charge in [0.15, 0.2) is 23.1 Å². The first-order valence-electron chi connectivity index (χ1n) is 14.9. The lowest BCUT2D eigenvalue weighted by atomic mass is 9.95. The summed E-state index contributed by atoms with van der Waals surface area (Å²) >= 11 is 0. The number of nitrogens with one attached hydrogen (secondary N) is 1. The molecule has 1 aliphatic heterocycles. The van der Waals surface area contributed by atoms with E-state index in [1.807, 2.05) is 48.0 Å². The van der Waals surface area contributed by atoms with Crippen molar-refractivity contribution in [1.82, 2.24) is 34.0 Å². The third kappa shape index (κ3) is 6.28. The summed E-state index contributed by atoms with van der Waals surface area (Å²) in [6.07, 6.45) is 4.33. The largest absolute Gasteiger partial charge is 0.445 e. The first kappa shape index (κ1) is 30.0. The van der Waals surface area contributed by atoms with Gasteiger partial charge in [0.25, 0.3) is 0 Å². The molecule has 0 radical (unpaired) electrons. The van der Waals surface area contributed by atoms with Gasteiger partial charge in [-0.2, -0.15) is 0 Å². The smallest absolute Gasteiger partial charge is 0.409 e. The minimum atomic E-state index is -0.940. The van der Waals surface area contributed by atoms with Crippen molar-refractivity contribution < 1.29 is 18.3 Å². The van der Waals surface area contributed by atoms with E-state index in [9.17, 15) is 18.4 Å². The van der Waals surface area contributed by atoms with Crippen molar-refractivity contribution in [1.29, 1.82) is 0 Å². The standard InChI is InChI=1S/C32H34F2N8O3/c1-3-42-27-28(38-31(42)43)35-20-36-30(27)40-13-11-22(12-14-40)29-37-26(23-9-10-24(33)25(34)17-23)18-41(29)16-15-39(2)32(44)45-19-21-7-5-4-6-8-21/h4-10,17-18,20,22H,3,11-16,19H2,1-2H3,(H,35,36,38,43). The first-order valence-corrected chi connectivity index (χ1v) is 14.9. The van der Waals surface area contributed by atoms with Crippen molar-refractivity contribution in [2.45, 2.75) is 45.4 Å². The van der Waals surface area contributed by atoms with Gasteiger partial charge in [0.05, 0.1) is 5.69 Å². The van der Waals surface area contributed by atoms with Crippen LogP contribution in [0.4, 0.5) is 19.4 Å². The van der Waals surface area contributed by atoms with Gasteiger partial charge < -0.3 is 19.1 Å². The third-order valence-corrected chi connectivity index (χ3v) is 8.24. The van der Waals surface area contributed by atoms with Crippen LogP contribution in [-0.2, 0) is 24.4 Å². The molecule has 1 N–H and O–H groups in total. The molecular weight excluding hydrogens is 582 g/mol. The zero-order valence-corrected chi connectivity index (χ0v) is 25.1. The van der Waals surface area contributed by atoms with Crippen LogP contribution in [0.2, 0.25) is 0 Å². The topological polar surface area (TPSA) is 114 Å². The van der Waals surface area contributed by atoms with Crippen LogP contribution in [0.1, 0.15) is 37.1 Å². The van der Waals surface area contributed by atoms with Crippen LogP contribution in [0.25, 0.3) is 22.4 Å². The van der Waals surface area contributed by atoms with Gasteiger partial charge in [-0.15, -0.1) is 0 Å². The second-order valence-electron chi connectivity index (χ2n) is 11.1. The number of H-pyrrole nitrogens is 1. The third-order valence-electron chi connectivity index (χ3n) is 8.24. The Morgan fingerprint density at radius 2 is 1.87 bits per heavy atom. The van der Waals surface area contributed by atoms with Crippen molar-refractivity contribution in [2.24, 2.45) is 0 Å². The highest BCUT2D eigenvalue weighted by molar-refractivity contribution is 5.83. The SMILES string of the molecule is CCn1c(=O)[nH]c2ncnc(N3CCC(c4nc(-c5ccc(F)c(F)c5)cn4CCN(C)C(=O)OCc4ccccc4)CC3)c21. The van der Waals surface area contributed by atoms with Crippen molar-refractivity contribution in [2.75, 3.05) is 31.6 Å². The van der Waals surface area contributed by atoms with Crippen LogP contribution >= 0.6 is 0 Å². The van der Waals surface area contributed by atoms with Gasteiger partial charge in [-0.3, -0.25) is 9.55 Å². The lowest BCUT2D eigenvalue weighted by molar-refractivity contribution is 0.103. The monoisotopic (exact) mass is 616 g/mol. The maximum Gasteiger partial charge on any atom is 0.409 e. The summed E-state index contributed by atoms with van der Waals surface area (Å²) in [6.45, 7) is 4.69. The molecule has 0 bridgehead atoms. The Bertz CT molecular complexity index is 1860. The highest BCUT2D eigenvalue weighted by Gasteiger charge is 2.28. The molecule has 5 aromatic rings. The zero-order chi connectivity index (χ0) is 31.5. The number of imidazole rings is 2. The van der Waals surface area contributed by atoms with Crippen LogP contribution in [0.15, 0.2) is 65.8 Å². The van der Waals surface area contributed by atoms with E-state index in [2.05, 4.69) is 19.9 Å². The number of anilines is 1. The molecular formula is C32H34F2N8O3. The molecule has 0 saturated carbocycles. The number of aromatic amines is 1. The maximum atomic E-state index is 14.1. The fourth-order valence-electron chi connectivity index (χ4n) is 5.77. The number of carbonyl (C=O) groups is 1. The van der Waals surface area contributed by atoms with Crippen molar-refractivity contribution >= 4 is 23.1 Å². The van der Waals surface area contributed by atoms with Gasteiger partial charge >= 0.3 is 11.8 Å². The summed E-state index contributed by atoms with van der Waals surface area (Å²) in [5.74, 6) is -0.284. The summed E-state index contributed by atoms with van der Waals surface area (Å²) < 4.78 is 36.9. The molecule has 0 spiro atoms. The van der Waals surface area contributed by atoms with Crippen molar-refractivity contribution in [3.8, 4) is 11.3 Å². The molecule has 1 aliphatic rings. The maximum absolute atomic E-state index is 14.1. The Labute approximate surface area is 258 Å². The minimum Gasteiger partial charge on any atom is -0.445 e. The van der Waals surface area contributed by atoms with Gasteiger partial charge in [0, 0.05) is 57.4 Å². The van der Waals surface area contributed by atoms with Gasteiger partial charge in [-0.05, 0) is 43.5 Å². The van der Waals surface area contributed by atoms with E-state index in [4.69, 9.17) is 9.72 Å². The molecule has 1 amide bonds. The van der Waals surface area contributed by atoms with E-state index in [1.54, 1.807) is 11.6 Å². The second-order valence-corrected chi connectivity index (χ2v) is 11.1. The van der Waals surface area contributed by atoms with Gasteiger partial charge in [-0.25, -0.2) is 33.3 Å². The van der Waals surface area contributed by atoms with Gasteiger partial charge in [0.1, 0.15) is 24.3 Å². The number of benzene rings is 2. The molecule has 13 heteroatoms. The summed E-state index contributed by atoms with van der Waals surface area (Å²) in [7, 11) is 1.68. The average molecular weight is 617 g/mol. The number of nitrogens with zero attached hydrogens (tertiary/aromatic N) is 7. The number of halogens is 2. The average Bonchev–Trinajstić information content (AvgIpc) is 3.64.